The molecule has 0 saturated carbocycles. The quantitative estimate of drug-likeness (QED) is 0.581. The Bertz CT molecular complexity index is 995. The summed E-state index contributed by atoms with van der Waals surface area (Å²) in [6.07, 6.45) is 0. The Morgan fingerprint density at radius 3 is 1.96 bits per heavy atom. The highest BCUT2D eigenvalue weighted by Crippen LogP contribution is 2.38. The first-order valence-electron chi connectivity index (χ1n) is 9.15. The third-order valence-electron chi connectivity index (χ3n) is 4.96. The van der Waals surface area contributed by atoms with E-state index in [0.29, 0.717) is 0 Å². The maximum atomic E-state index is 6.10. The molecule has 0 spiro atoms. The fourth-order valence-electron chi connectivity index (χ4n) is 3.55. The number of halogens is 2. The van der Waals surface area contributed by atoms with E-state index < -0.39 is 0 Å². The predicted octanol–water partition coefficient (Wildman–Crippen LogP) is 5.89. The van der Waals surface area contributed by atoms with E-state index in [0.717, 1.165) is 38.3 Å². The van der Waals surface area contributed by atoms with Gasteiger partial charge in [0, 0.05) is 35.4 Å². The van der Waals surface area contributed by atoms with Gasteiger partial charge in [-0.3, -0.25) is 4.99 Å². The molecule has 0 saturated heterocycles. The molecule has 2 unspecified atom stereocenters. The van der Waals surface area contributed by atoms with Gasteiger partial charge in [0.05, 0.1) is 6.04 Å². The number of nitrogens with zero attached hydrogens (tertiary/aromatic N) is 2. The molecule has 0 fully saturated rings. The van der Waals surface area contributed by atoms with Crippen molar-refractivity contribution in [3.8, 4) is 0 Å². The normalized spacial score (nSPS) is 18.5. The summed E-state index contributed by atoms with van der Waals surface area (Å²) in [5.74, 6) is 0.893. The average molecular weight is 410 g/mol. The fraction of sp³-hybridized carbons (Fsp3) is 0.174. The van der Waals surface area contributed by atoms with Gasteiger partial charge in [-0.1, -0.05) is 59.6 Å². The van der Waals surface area contributed by atoms with Gasteiger partial charge in [0.25, 0.3) is 0 Å². The van der Waals surface area contributed by atoms with Gasteiger partial charge < -0.3 is 10.2 Å². The molecule has 4 rings (SSSR count). The number of rotatable bonds is 4. The van der Waals surface area contributed by atoms with Crippen LogP contribution in [-0.4, -0.2) is 19.9 Å². The summed E-state index contributed by atoms with van der Waals surface area (Å²) in [5.41, 5.74) is 4.47. The summed E-state index contributed by atoms with van der Waals surface area (Å²) in [6, 6.07) is 24.1. The minimum atomic E-state index is -0.0522. The van der Waals surface area contributed by atoms with Crippen LogP contribution in [0, 0.1) is 0 Å². The number of hydrogen-bond donors (Lipinski definition) is 1. The van der Waals surface area contributed by atoms with Gasteiger partial charge in [-0.25, -0.2) is 0 Å². The van der Waals surface area contributed by atoms with Crippen molar-refractivity contribution in [2.45, 2.75) is 12.1 Å². The van der Waals surface area contributed by atoms with Gasteiger partial charge in [-0.05, 0) is 47.5 Å². The Morgan fingerprint density at radius 1 is 0.786 bits per heavy atom. The van der Waals surface area contributed by atoms with Crippen molar-refractivity contribution in [2.24, 2.45) is 4.99 Å². The van der Waals surface area contributed by atoms with Gasteiger partial charge in [0.1, 0.15) is 11.9 Å². The first-order chi connectivity index (χ1) is 13.5. The van der Waals surface area contributed by atoms with E-state index in [-0.39, 0.29) is 12.1 Å². The molecule has 1 aliphatic rings. The van der Waals surface area contributed by atoms with Crippen LogP contribution < -0.4 is 10.2 Å². The van der Waals surface area contributed by atoms with Crippen LogP contribution >= 0.6 is 23.2 Å². The van der Waals surface area contributed by atoms with E-state index in [2.05, 4.69) is 34.5 Å². The zero-order valence-electron chi connectivity index (χ0n) is 15.7. The predicted molar refractivity (Wildman–Crippen MR) is 119 cm³/mol. The van der Waals surface area contributed by atoms with Crippen LogP contribution in [0.5, 0.6) is 0 Å². The van der Waals surface area contributed by atoms with Crippen LogP contribution in [0.25, 0.3) is 0 Å². The van der Waals surface area contributed by atoms with Crippen LogP contribution in [0.15, 0.2) is 77.8 Å². The van der Waals surface area contributed by atoms with Crippen molar-refractivity contribution in [3.05, 3.63) is 99.5 Å². The third-order valence-corrected chi connectivity index (χ3v) is 5.46. The molecule has 0 aliphatic carbocycles. The molecular formula is C23H21Cl2N3. The highest BCUT2D eigenvalue weighted by molar-refractivity contribution is 6.30. The van der Waals surface area contributed by atoms with Crippen LogP contribution in [0.2, 0.25) is 10.0 Å². The summed E-state index contributed by atoms with van der Waals surface area (Å²) in [6.45, 7) is 0. The summed E-state index contributed by atoms with van der Waals surface area (Å²) in [5, 5.41) is 5.10. The Morgan fingerprint density at radius 2 is 1.36 bits per heavy atom. The molecule has 1 N–H and O–H groups in total. The minimum absolute atomic E-state index is 0.0173. The Hall–Kier alpha value is -2.49. The molecule has 3 nitrogen and oxygen atoms in total. The van der Waals surface area contributed by atoms with Gasteiger partial charge in [0.15, 0.2) is 0 Å². The highest BCUT2D eigenvalue weighted by atomic mass is 35.5. The second kappa shape index (κ2) is 7.86. The average Bonchev–Trinajstić information content (AvgIpc) is 3.14. The minimum Gasteiger partial charge on any atom is -0.377 e. The SMILES string of the molecule is CN(C)c1ccccc1C1=NC(c2ccc(Cl)cc2)C(c2ccc(Cl)cc2)N1. The molecule has 3 aromatic carbocycles. The van der Waals surface area contributed by atoms with E-state index in [1.165, 1.54) is 0 Å². The lowest BCUT2D eigenvalue weighted by atomic mass is 9.95. The van der Waals surface area contributed by atoms with Crippen LogP contribution in [-0.2, 0) is 0 Å². The van der Waals surface area contributed by atoms with E-state index >= 15 is 0 Å². The fourth-order valence-corrected chi connectivity index (χ4v) is 3.80. The van der Waals surface area contributed by atoms with Crippen molar-refractivity contribution < 1.29 is 0 Å². The molecule has 0 aromatic heterocycles. The maximum absolute atomic E-state index is 6.10. The highest BCUT2D eigenvalue weighted by Gasteiger charge is 2.32. The summed E-state index contributed by atoms with van der Waals surface area (Å²) in [7, 11) is 4.09. The van der Waals surface area contributed by atoms with Crippen LogP contribution in [0.1, 0.15) is 28.8 Å². The third kappa shape index (κ3) is 3.73. The molecule has 1 heterocycles. The summed E-state index contributed by atoms with van der Waals surface area (Å²) in [4.78, 5) is 7.19. The van der Waals surface area contributed by atoms with E-state index in [1.807, 2.05) is 62.6 Å². The zero-order valence-corrected chi connectivity index (χ0v) is 17.2. The summed E-state index contributed by atoms with van der Waals surface area (Å²) >= 11 is 12.2. The first-order valence-corrected chi connectivity index (χ1v) is 9.90. The van der Waals surface area contributed by atoms with Crippen molar-refractivity contribution in [1.29, 1.82) is 0 Å². The molecule has 1 aliphatic heterocycles. The van der Waals surface area contributed by atoms with Crippen molar-refractivity contribution in [1.82, 2.24) is 5.32 Å². The molecular weight excluding hydrogens is 389 g/mol. The number of benzene rings is 3. The van der Waals surface area contributed by atoms with Crippen molar-refractivity contribution in [3.63, 3.8) is 0 Å². The van der Waals surface area contributed by atoms with E-state index in [1.54, 1.807) is 0 Å². The first kappa shape index (κ1) is 18.9. The molecule has 0 bridgehead atoms. The Labute approximate surface area is 175 Å². The molecule has 28 heavy (non-hydrogen) atoms. The van der Waals surface area contributed by atoms with E-state index in [4.69, 9.17) is 28.2 Å². The lowest BCUT2D eigenvalue weighted by molar-refractivity contribution is 0.572. The maximum Gasteiger partial charge on any atom is 0.131 e. The number of hydrogen-bond acceptors (Lipinski definition) is 3. The number of amidine groups is 1. The number of aliphatic imine (C=N–C) groups is 1. The zero-order chi connectivity index (χ0) is 19.7. The second-order valence-corrected chi connectivity index (χ2v) is 7.93. The molecule has 142 valence electrons. The molecule has 5 heteroatoms. The number of para-hydroxylation sites is 1. The van der Waals surface area contributed by atoms with Gasteiger partial charge >= 0.3 is 0 Å². The number of anilines is 1. The van der Waals surface area contributed by atoms with Crippen LogP contribution in [0.3, 0.4) is 0 Å². The lowest BCUT2D eigenvalue weighted by Gasteiger charge is -2.21. The second-order valence-electron chi connectivity index (χ2n) is 7.06. The van der Waals surface area contributed by atoms with Gasteiger partial charge in [-0.15, -0.1) is 0 Å². The molecule has 0 amide bonds. The standard InChI is InChI=1S/C23H21Cl2N3/c1-28(2)20-6-4-3-5-19(20)23-26-21(15-7-11-17(24)12-8-15)22(27-23)16-9-13-18(25)14-10-16/h3-14,21-22H,1-2H3,(H,26,27). The number of nitrogens with one attached hydrogen (secondary N) is 1. The van der Waals surface area contributed by atoms with Crippen LogP contribution in [0.4, 0.5) is 5.69 Å². The Kier molecular flexibility index (Phi) is 5.29. The largest absolute Gasteiger partial charge is 0.377 e. The molecule has 3 aromatic rings. The van der Waals surface area contributed by atoms with E-state index in [9.17, 15) is 0 Å². The van der Waals surface area contributed by atoms with Crippen molar-refractivity contribution in [2.75, 3.05) is 19.0 Å². The lowest BCUT2D eigenvalue weighted by Crippen LogP contribution is -2.26. The summed E-state index contributed by atoms with van der Waals surface area (Å²) < 4.78 is 0. The Balaban J connectivity index is 1.78. The van der Waals surface area contributed by atoms with Gasteiger partial charge in [-0.2, -0.15) is 0 Å². The smallest absolute Gasteiger partial charge is 0.131 e. The molecule has 0 radical (unpaired) electrons. The molecule has 2 atom stereocenters. The monoisotopic (exact) mass is 409 g/mol. The van der Waals surface area contributed by atoms with Gasteiger partial charge in [0.2, 0.25) is 0 Å². The van der Waals surface area contributed by atoms with Crippen molar-refractivity contribution >= 4 is 34.7 Å². The topological polar surface area (TPSA) is 27.6 Å².